The van der Waals surface area contributed by atoms with Crippen LogP contribution in [-0.2, 0) is 4.79 Å². The third-order valence-electron chi connectivity index (χ3n) is 3.48. The molecule has 0 spiro atoms. The van der Waals surface area contributed by atoms with Crippen molar-refractivity contribution < 1.29 is 9.90 Å². The van der Waals surface area contributed by atoms with Crippen LogP contribution in [-0.4, -0.2) is 29.7 Å². The van der Waals surface area contributed by atoms with Gasteiger partial charge in [0.15, 0.2) is 0 Å². The third-order valence-corrected chi connectivity index (χ3v) is 3.48. The van der Waals surface area contributed by atoms with Crippen molar-refractivity contribution in [3.63, 3.8) is 0 Å². The van der Waals surface area contributed by atoms with Crippen LogP contribution < -0.4 is 10.6 Å². The van der Waals surface area contributed by atoms with Gasteiger partial charge in [-0.1, -0.05) is 12.1 Å². The van der Waals surface area contributed by atoms with E-state index in [4.69, 9.17) is 10.4 Å². The second-order valence-corrected chi connectivity index (χ2v) is 5.05. The number of nitrogens with zero attached hydrogens (tertiary/aromatic N) is 1. The van der Waals surface area contributed by atoms with Gasteiger partial charge in [0.2, 0.25) is 0 Å². The van der Waals surface area contributed by atoms with E-state index in [9.17, 15) is 4.79 Å². The first kappa shape index (κ1) is 13.5. The van der Waals surface area contributed by atoms with E-state index in [1.165, 1.54) is 0 Å². The average molecular weight is 259 g/mol. The highest BCUT2D eigenvalue weighted by Gasteiger charge is 2.39. The van der Waals surface area contributed by atoms with Gasteiger partial charge >= 0.3 is 5.97 Å². The van der Waals surface area contributed by atoms with E-state index in [1.54, 1.807) is 12.1 Å². The lowest BCUT2D eigenvalue weighted by Gasteiger charge is -2.44. The smallest absolute Gasteiger partial charge is 0.305 e. The average Bonchev–Trinajstić information content (AvgIpc) is 2.35. The zero-order valence-electron chi connectivity index (χ0n) is 10.8. The van der Waals surface area contributed by atoms with Crippen molar-refractivity contribution in [3.8, 4) is 6.07 Å². The summed E-state index contributed by atoms with van der Waals surface area (Å²) in [7, 11) is 0. The fraction of sp³-hybridized carbons (Fsp3) is 0.429. The number of hydrogen-bond donors (Lipinski definition) is 3. The molecule has 3 N–H and O–H groups in total. The second kappa shape index (κ2) is 5.39. The molecule has 0 saturated carbocycles. The summed E-state index contributed by atoms with van der Waals surface area (Å²) in [6, 6.07) is 9.48. The van der Waals surface area contributed by atoms with Gasteiger partial charge < -0.3 is 15.7 Å². The Balaban J connectivity index is 2.05. The van der Waals surface area contributed by atoms with E-state index in [2.05, 4.69) is 16.7 Å². The van der Waals surface area contributed by atoms with Crippen molar-refractivity contribution in [3.05, 3.63) is 35.4 Å². The summed E-state index contributed by atoms with van der Waals surface area (Å²) in [5.74, 6) is -0.791. The predicted octanol–water partition coefficient (Wildman–Crippen LogP) is 1.03. The molecule has 0 aliphatic carbocycles. The first-order valence-corrected chi connectivity index (χ1v) is 6.25. The maximum Gasteiger partial charge on any atom is 0.305 e. The predicted molar refractivity (Wildman–Crippen MR) is 70.6 cm³/mol. The normalized spacial score (nSPS) is 18.1. The monoisotopic (exact) mass is 259 g/mol. The standard InChI is InChI=1S/C14H17N3O2/c1-10(12-4-2-11(7-15)3-5-12)17-14(6-13(18)19)8-16-9-14/h2-5,10,16-17H,6,8-9H2,1H3,(H,18,19). The van der Waals surface area contributed by atoms with Gasteiger partial charge in [0, 0.05) is 19.1 Å². The number of carboxylic acid groups (broad SMARTS) is 1. The van der Waals surface area contributed by atoms with Crippen LogP contribution in [0, 0.1) is 11.3 Å². The van der Waals surface area contributed by atoms with Gasteiger partial charge in [-0.25, -0.2) is 0 Å². The number of carboxylic acids is 1. The fourth-order valence-corrected chi connectivity index (χ4v) is 2.38. The first-order valence-electron chi connectivity index (χ1n) is 6.25. The number of rotatable bonds is 5. The molecule has 1 aromatic carbocycles. The minimum atomic E-state index is -0.791. The maximum atomic E-state index is 10.9. The Morgan fingerprint density at radius 2 is 2.16 bits per heavy atom. The Morgan fingerprint density at radius 3 is 2.58 bits per heavy atom. The maximum absolute atomic E-state index is 10.9. The molecule has 0 bridgehead atoms. The van der Waals surface area contributed by atoms with Crippen LogP contribution in [0.4, 0.5) is 0 Å². The Morgan fingerprint density at radius 1 is 1.53 bits per heavy atom. The van der Waals surface area contributed by atoms with E-state index in [1.807, 2.05) is 19.1 Å². The van der Waals surface area contributed by atoms with Crippen LogP contribution in [0.3, 0.4) is 0 Å². The summed E-state index contributed by atoms with van der Waals surface area (Å²) in [4.78, 5) is 10.9. The highest BCUT2D eigenvalue weighted by Crippen LogP contribution is 2.22. The van der Waals surface area contributed by atoms with Gasteiger partial charge in [-0.15, -0.1) is 0 Å². The summed E-state index contributed by atoms with van der Waals surface area (Å²) < 4.78 is 0. The summed E-state index contributed by atoms with van der Waals surface area (Å²) in [5, 5.41) is 24.2. The zero-order chi connectivity index (χ0) is 13.9. The molecule has 1 aliphatic rings. The fourth-order valence-electron chi connectivity index (χ4n) is 2.38. The third kappa shape index (κ3) is 3.11. The van der Waals surface area contributed by atoms with Crippen molar-refractivity contribution in [2.45, 2.75) is 24.9 Å². The zero-order valence-corrected chi connectivity index (χ0v) is 10.8. The first-order chi connectivity index (χ1) is 9.04. The molecule has 1 aromatic rings. The molecular formula is C14H17N3O2. The summed E-state index contributed by atoms with van der Waals surface area (Å²) in [6.45, 7) is 3.34. The van der Waals surface area contributed by atoms with E-state index in [0.717, 1.165) is 5.56 Å². The minimum absolute atomic E-state index is 0.0502. The number of carbonyl (C=O) groups is 1. The Labute approximate surface area is 112 Å². The van der Waals surface area contributed by atoms with Crippen molar-refractivity contribution in [1.82, 2.24) is 10.6 Å². The van der Waals surface area contributed by atoms with Crippen LogP contribution in [0.25, 0.3) is 0 Å². The lowest BCUT2D eigenvalue weighted by atomic mass is 9.87. The molecule has 0 aromatic heterocycles. The lowest BCUT2D eigenvalue weighted by molar-refractivity contribution is -0.139. The van der Waals surface area contributed by atoms with Gasteiger partial charge in [-0.2, -0.15) is 5.26 Å². The molecule has 100 valence electrons. The van der Waals surface area contributed by atoms with Crippen molar-refractivity contribution in [1.29, 1.82) is 5.26 Å². The molecule has 0 radical (unpaired) electrons. The lowest BCUT2D eigenvalue weighted by Crippen LogP contribution is -2.68. The van der Waals surface area contributed by atoms with Gasteiger partial charge in [-0.3, -0.25) is 4.79 Å². The largest absolute Gasteiger partial charge is 0.481 e. The number of nitriles is 1. The Hall–Kier alpha value is -1.90. The molecule has 1 aliphatic heterocycles. The molecule has 0 amide bonds. The van der Waals surface area contributed by atoms with E-state index in [0.29, 0.717) is 18.7 Å². The van der Waals surface area contributed by atoms with Crippen LogP contribution in [0.5, 0.6) is 0 Å². The summed E-state index contributed by atoms with van der Waals surface area (Å²) in [5.41, 5.74) is 1.32. The van der Waals surface area contributed by atoms with E-state index < -0.39 is 5.97 Å². The van der Waals surface area contributed by atoms with Crippen LogP contribution in [0.15, 0.2) is 24.3 Å². The molecule has 1 fully saturated rings. The molecule has 1 atom stereocenters. The highest BCUT2D eigenvalue weighted by atomic mass is 16.4. The van der Waals surface area contributed by atoms with Crippen LogP contribution in [0.2, 0.25) is 0 Å². The molecule has 5 heteroatoms. The molecule has 5 nitrogen and oxygen atoms in total. The van der Waals surface area contributed by atoms with E-state index in [-0.39, 0.29) is 18.0 Å². The number of benzene rings is 1. The van der Waals surface area contributed by atoms with E-state index >= 15 is 0 Å². The van der Waals surface area contributed by atoms with Gasteiger partial charge in [0.25, 0.3) is 0 Å². The number of aliphatic carboxylic acids is 1. The Kier molecular flexibility index (Phi) is 3.84. The SMILES string of the molecule is CC(NC1(CC(=O)O)CNC1)c1ccc(C#N)cc1. The topological polar surface area (TPSA) is 85.2 Å². The second-order valence-electron chi connectivity index (χ2n) is 5.05. The van der Waals surface area contributed by atoms with Crippen molar-refractivity contribution >= 4 is 5.97 Å². The Bertz CT molecular complexity index is 500. The van der Waals surface area contributed by atoms with Gasteiger partial charge in [-0.05, 0) is 24.6 Å². The van der Waals surface area contributed by atoms with Crippen molar-refractivity contribution in [2.24, 2.45) is 0 Å². The van der Waals surface area contributed by atoms with Gasteiger partial charge in [0.1, 0.15) is 0 Å². The van der Waals surface area contributed by atoms with Crippen molar-refractivity contribution in [2.75, 3.05) is 13.1 Å². The molecule has 1 heterocycles. The minimum Gasteiger partial charge on any atom is -0.481 e. The molecule has 19 heavy (non-hydrogen) atoms. The van der Waals surface area contributed by atoms with Crippen LogP contribution >= 0.6 is 0 Å². The molecule has 1 saturated heterocycles. The number of nitrogens with one attached hydrogen (secondary N) is 2. The summed E-state index contributed by atoms with van der Waals surface area (Å²) in [6.07, 6.45) is 0.112. The molecule has 1 unspecified atom stereocenters. The highest BCUT2D eigenvalue weighted by molar-refractivity contribution is 5.69. The molecular weight excluding hydrogens is 242 g/mol. The number of hydrogen-bond acceptors (Lipinski definition) is 4. The van der Waals surface area contributed by atoms with Crippen LogP contribution in [0.1, 0.15) is 30.5 Å². The molecule has 2 rings (SSSR count). The quantitative estimate of drug-likeness (QED) is 0.735. The summed E-state index contributed by atoms with van der Waals surface area (Å²) >= 11 is 0. The van der Waals surface area contributed by atoms with Gasteiger partial charge in [0.05, 0.1) is 23.6 Å².